The summed E-state index contributed by atoms with van der Waals surface area (Å²) in [6, 6.07) is 0. The second-order valence-electron chi connectivity index (χ2n) is 4.65. The monoisotopic (exact) mass is 264 g/mol. The largest absolute Gasteiger partial charge is 0.383 e. The molecule has 2 N–H and O–H groups in total. The molecule has 0 saturated carbocycles. The topological polar surface area (TPSA) is 72.6 Å². The first-order valence-electron chi connectivity index (χ1n) is 6.14. The summed E-state index contributed by atoms with van der Waals surface area (Å²) in [5.74, 6) is 0.515. The van der Waals surface area contributed by atoms with Crippen molar-refractivity contribution in [3.8, 4) is 0 Å². The maximum Gasteiger partial charge on any atom is 0.150 e. The zero-order chi connectivity index (χ0) is 12.9. The van der Waals surface area contributed by atoms with Crippen LogP contribution >= 0.6 is 0 Å². The lowest BCUT2D eigenvalue weighted by Crippen LogP contribution is -2.58. The van der Waals surface area contributed by atoms with Crippen molar-refractivity contribution in [2.24, 2.45) is 5.73 Å². The van der Waals surface area contributed by atoms with Gasteiger partial charge in [0.25, 0.3) is 0 Å². The van der Waals surface area contributed by atoms with Gasteiger partial charge in [0.2, 0.25) is 0 Å². The second kappa shape index (κ2) is 6.13. The van der Waals surface area contributed by atoms with Crippen LogP contribution in [0.25, 0.3) is 0 Å². The summed E-state index contributed by atoms with van der Waals surface area (Å²) in [5, 5.41) is 0. The van der Waals surface area contributed by atoms with Gasteiger partial charge in [-0.3, -0.25) is 4.90 Å². The van der Waals surface area contributed by atoms with Gasteiger partial charge in [0.15, 0.2) is 0 Å². The number of nitrogens with zero attached hydrogens (tertiary/aromatic N) is 1. The van der Waals surface area contributed by atoms with Crippen molar-refractivity contribution in [1.29, 1.82) is 0 Å². The molecule has 1 heterocycles. The van der Waals surface area contributed by atoms with Crippen LogP contribution in [0, 0.1) is 0 Å². The van der Waals surface area contributed by atoms with Gasteiger partial charge < -0.3 is 10.5 Å². The summed E-state index contributed by atoms with van der Waals surface area (Å²) >= 11 is 0. The van der Waals surface area contributed by atoms with Crippen molar-refractivity contribution in [1.82, 2.24) is 4.90 Å². The Morgan fingerprint density at radius 2 is 1.94 bits per heavy atom. The van der Waals surface area contributed by atoms with Crippen LogP contribution in [0.5, 0.6) is 0 Å². The Morgan fingerprint density at radius 3 is 2.35 bits per heavy atom. The maximum atomic E-state index is 11.5. The third kappa shape index (κ3) is 3.64. The normalized spacial score (nSPS) is 22.8. The highest BCUT2D eigenvalue weighted by atomic mass is 32.2. The SMILES string of the molecule is CCN(CCOC)C1(CN)CCS(=O)(=O)CC1. The summed E-state index contributed by atoms with van der Waals surface area (Å²) in [4.78, 5) is 2.27. The van der Waals surface area contributed by atoms with E-state index in [1.165, 1.54) is 0 Å². The number of nitrogens with two attached hydrogens (primary N) is 1. The Balaban J connectivity index is 2.73. The number of likely N-dealkylation sites (N-methyl/N-ethyl adjacent to an activating group) is 1. The van der Waals surface area contributed by atoms with E-state index in [0.717, 1.165) is 13.1 Å². The van der Waals surface area contributed by atoms with Crippen LogP contribution in [0.15, 0.2) is 0 Å². The van der Waals surface area contributed by atoms with Gasteiger partial charge in [-0.1, -0.05) is 6.92 Å². The number of hydrogen-bond acceptors (Lipinski definition) is 5. The Morgan fingerprint density at radius 1 is 1.35 bits per heavy atom. The third-order valence-corrected chi connectivity index (χ3v) is 5.41. The zero-order valence-electron chi connectivity index (χ0n) is 10.8. The Bertz CT molecular complexity index is 316. The molecule has 1 aliphatic heterocycles. The summed E-state index contributed by atoms with van der Waals surface area (Å²) in [6.07, 6.45) is 1.28. The van der Waals surface area contributed by atoms with E-state index in [-0.39, 0.29) is 17.0 Å². The number of sulfone groups is 1. The van der Waals surface area contributed by atoms with Gasteiger partial charge in [-0.2, -0.15) is 0 Å². The number of methoxy groups -OCH3 is 1. The lowest BCUT2D eigenvalue weighted by molar-refractivity contribution is 0.0568. The Labute approximate surface area is 104 Å². The first-order chi connectivity index (χ1) is 7.99. The van der Waals surface area contributed by atoms with E-state index in [1.807, 2.05) is 0 Å². The molecule has 0 aromatic rings. The van der Waals surface area contributed by atoms with E-state index in [0.29, 0.717) is 26.0 Å². The summed E-state index contributed by atoms with van der Waals surface area (Å²) < 4.78 is 28.1. The van der Waals surface area contributed by atoms with Crippen molar-refractivity contribution >= 4 is 9.84 Å². The fraction of sp³-hybridized carbons (Fsp3) is 1.00. The molecular formula is C11H24N2O3S. The van der Waals surface area contributed by atoms with E-state index < -0.39 is 9.84 Å². The second-order valence-corrected chi connectivity index (χ2v) is 6.96. The van der Waals surface area contributed by atoms with E-state index in [1.54, 1.807) is 7.11 Å². The van der Waals surface area contributed by atoms with Crippen LogP contribution in [0.1, 0.15) is 19.8 Å². The van der Waals surface area contributed by atoms with Crippen LogP contribution in [0.3, 0.4) is 0 Å². The molecular weight excluding hydrogens is 240 g/mol. The van der Waals surface area contributed by atoms with Crippen molar-refractivity contribution in [2.45, 2.75) is 25.3 Å². The third-order valence-electron chi connectivity index (χ3n) is 3.75. The summed E-state index contributed by atoms with van der Waals surface area (Å²) in [7, 11) is -1.16. The van der Waals surface area contributed by atoms with Crippen molar-refractivity contribution in [2.75, 3.05) is 44.9 Å². The molecule has 0 amide bonds. The highest BCUT2D eigenvalue weighted by Gasteiger charge is 2.40. The summed E-state index contributed by atoms with van der Waals surface area (Å²) in [5.41, 5.74) is 5.74. The van der Waals surface area contributed by atoms with E-state index in [9.17, 15) is 8.42 Å². The average Bonchev–Trinajstić information content (AvgIpc) is 2.32. The molecule has 6 heteroatoms. The molecule has 0 aliphatic carbocycles. The van der Waals surface area contributed by atoms with Gasteiger partial charge >= 0.3 is 0 Å². The molecule has 102 valence electrons. The molecule has 5 nitrogen and oxygen atoms in total. The van der Waals surface area contributed by atoms with Gasteiger partial charge in [-0.25, -0.2) is 8.42 Å². The highest BCUT2D eigenvalue weighted by molar-refractivity contribution is 7.91. The number of ether oxygens (including phenoxy) is 1. The minimum absolute atomic E-state index is 0.154. The minimum Gasteiger partial charge on any atom is -0.383 e. The number of hydrogen-bond donors (Lipinski definition) is 1. The van der Waals surface area contributed by atoms with Gasteiger partial charge in [-0.05, 0) is 19.4 Å². The fourth-order valence-electron chi connectivity index (χ4n) is 2.50. The van der Waals surface area contributed by atoms with E-state index >= 15 is 0 Å². The molecule has 0 aromatic heterocycles. The van der Waals surface area contributed by atoms with Crippen molar-refractivity contribution in [3.63, 3.8) is 0 Å². The molecule has 1 aliphatic rings. The first kappa shape index (κ1) is 14.9. The first-order valence-corrected chi connectivity index (χ1v) is 7.96. The van der Waals surface area contributed by atoms with Crippen LogP contribution in [-0.2, 0) is 14.6 Å². The minimum atomic E-state index is -2.84. The Hall–Kier alpha value is -0.170. The fourth-order valence-corrected chi connectivity index (χ4v) is 4.09. The lowest BCUT2D eigenvalue weighted by atomic mass is 9.90. The highest BCUT2D eigenvalue weighted by Crippen LogP contribution is 2.29. The predicted molar refractivity (Wildman–Crippen MR) is 68.8 cm³/mol. The van der Waals surface area contributed by atoms with Gasteiger partial charge in [0.05, 0.1) is 18.1 Å². The molecule has 0 bridgehead atoms. The predicted octanol–water partition coefficient (Wildman–Crippen LogP) is -0.139. The van der Waals surface area contributed by atoms with Crippen LogP contribution in [-0.4, -0.2) is 63.7 Å². The molecule has 1 fully saturated rings. The smallest absolute Gasteiger partial charge is 0.150 e. The number of rotatable bonds is 6. The van der Waals surface area contributed by atoms with Gasteiger partial charge in [-0.15, -0.1) is 0 Å². The maximum absolute atomic E-state index is 11.5. The molecule has 17 heavy (non-hydrogen) atoms. The Kier molecular flexibility index (Phi) is 5.37. The quantitative estimate of drug-likeness (QED) is 0.723. The molecule has 1 rings (SSSR count). The average molecular weight is 264 g/mol. The molecule has 0 radical (unpaired) electrons. The zero-order valence-corrected chi connectivity index (χ0v) is 11.6. The molecule has 0 unspecified atom stereocenters. The van der Waals surface area contributed by atoms with E-state index in [2.05, 4.69) is 11.8 Å². The van der Waals surface area contributed by atoms with Crippen LogP contribution in [0.4, 0.5) is 0 Å². The summed E-state index contributed by atoms with van der Waals surface area (Å²) in [6.45, 7) is 4.93. The lowest BCUT2D eigenvalue weighted by Gasteiger charge is -2.45. The van der Waals surface area contributed by atoms with Crippen molar-refractivity contribution in [3.05, 3.63) is 0 Å². The molecule has 0 spiro atoms. The molecule has 0 aromatic carbocycles. The van der Waals surface area contributed by atoms with Crippen LogP contribution in [0.2, 0.25) is 0 Å². The van der Waals surface area contributed by atoms with Crippen molar-refractivity contribution < 1.29 is 13.2 Å². The van der Waals surface area contributed by atoms with Crippen LogP contribution < -0.4 is 5.73 Å². The molecule has 1 saturated heterocycles. The molecule has 0 atom stereocenters. The van der Waals surface area contributed by atoms with Gasteiger partial charge in [0.1, 0.15) is 9.84 Å². The van der Waals surface area contributed by atoms with E-state index in [4.69, 9.17) is 10.5 Å². The standard InChI is InChI=1S/C11H24N2O3S/c1-3-13(6-7-16-2)11(10-12)4-8-17(14,15)9-5-11/h3-10,12H2,1-2H3. The van der Waals surface area contributed by atoms with Gasteiger partial charge in [0, 0.05) is 25.7 Å².